The SMILES string of the molecule is Cc1nnc(-c2ccccc2NC(=O)CNCC2CC2)o1. The average molecular weight is 286 g/mol. The van der Waals surface area contributed by atoms with Crippen LogP contribution in [-0.4, -0.2) is 29.2 Å². The lowest BCUT2D eigenvalue weighted by molar-refractivity contribution is -0.115. The highest BCUT2D eigenvalue weighted by Gasteiger charge is 2.20. The van der Waals surface area contributed by atoms with Crippen molar-refractivity contribution in [3.05, 3.63) is 30.2 Å². The molecule has 1 amide bonds. The zero-order valence-electron chi connectivity index (χ0n) is 11.9. The van der Waals surface area contributed by atoms with Gasteiger partial charge in [-0.15, -0.1) is 10.2 Å². The van der Waals surface area contributed by atoms with E-state index in [1.807, 2.05) is 24.3 Å². The minimum Gasteiger partial charge on any atom is -0.421 e. The molecule has 0 radical (unpaired) electrons. The number of rotatable bonds is 6. The Kier molecular flexibility index (Phi) is 3.96. The van der Waals surface area contributed by atoms with Gasteiger partial charge in [-0.3, -0.25) is 4.79 Å². The van der Waals surface area contributed by atoms with Crippen LogP contribution in [0.25, 0.3) is 11.5 Å². The molecule has 6 nitrogen and oxygen atoms in total. The molecule has 0 unspecified atom stereocenters. The molecule has 0 bridgehead atoms. The van der Waals surface area contributed by atoms with E-state index in [9.17, 15) is 4.79 Å². The number of carbonyl (C=O) groups excluding carboxylic acids is 1. The molecule has 1 aromatic heterocycles. The minimum absolute atomic E-state index is 0.0701. The fourth-order valence-electron chi connectivity index (χ4n) is 2.09. The molecular weight excluding hydrogens is 268 g/mol. The monoisotopic (exact) mass is 286 g/mol. The lowest BCUT2D eigenvalue weighted by atomic mass is 10.1. The highest BCUT2D eigenvalue weighted by Crippen LogP contribution is 2.28. The molecule has 6 heteroatoms. The predicted octanol–water partition coefficient (Wildman–Crippen LogP) is 1.98. The van der Waals surface area contributed by atoms with Crippen molar-refractivity contribution in [3.63, 3.8) is 0 Å². The smallest absolute Gasteiger partial charge is 0.249 e. The van der Waals surface area contributed by atoms with Crippen LogP contribution in [0.15, 0.2) is 28.7 Å². The maximum atomic E-state index is 12.0. The van der Waals surface area contributed by atoms with E-state index in [2.05, 4.69) is 20.8 Å². The fraction of sp³-hybridized carbons (Fsp3) is 0.400. The van der Waals surface area contributed by atoms with Crippen LogP contribution < -0.4 is 10.6 Å². The summed E-state index contributed by atoms with van der Waals surface area (Å²) in [5, 5.41) is 13.9. The van der Waals surface area contributed by atoms with Crippen LogP contribution in [0, 0.1) is 12.8 Å². The van der Waals surface area contributed by atoms with E-state index in [1.165, 1.54) is 12.8 Å². The van der Waals surface area contributed by atoms with Crippen molar-refractivity contribution < 1.29 is 9.21 Å². The summed E-state index contributed by atoms with van der Waals surface area (Å²) < 4.78 is 5.42. The predicted molar refractivity (Wildman–Crippen MR) is 78.7 cm³/mol. The molecule has 2 N–H and O–H groups in total. The third-order valence-electron chi connectivity index (χ3n) is 3.37. The highest BCUT2D eigenvalue weighted by atomic mass is 16.4. The molecule has 1 heterocycles. The van der Waals surface area contributed by atoms with E-state index in [-0.39, 0.29) is 5.91 Å². The summed E-state index contributed by atoms with van der Waals surface area (Å²) in [6.45, 7) is 2.96. The van der Waals surface area contributed by atoms with Crippen LogP contribution in [0.3, 0.4) is 0 Å². The number of nitrogens with one attached hydrogen (secondary N) is 2. The van der Waals surface area contributed by atoms with Gasteiger partial charge in [0.1, 0.15) is 0 Å². The van der Waals surface area contributed by atoms with Crippen molar-refractivity contribution in [1.82, 2.24) is 15.5 Å². The summed E-state index contributed by atoms with van der Waals surface area (Å²) in [5.41, 5.74) is 1.41. The van der Waals surface area contributed by atoms with Crippen LogP contribution in [0.5, 0.6) is 0 Å². The topological polar surface area (TPSA) is 80.0 Å². The lowest BCUT2D eigenvalue weighted by Gasteiger charge is -2.09. The summed E-state index contributed by atoms with van der Waals surface area (Å²) >= 11 is 0. The third-order valence-corrected chi connectivity index (χ3v) is 3.37. The highest BCUT2D eigenvalue weighted by molar-refractivity contribution is 5.95. The Hall–Kier alpha value is -2.21. The van der Waals surface area contributed by atoms with Gasteiger partial charge in [0.2, 0.25) is 17.7 Å². The zero-order chi connectivity index (χ0) is 14.7. The Bertz CT molecular complexity index is 634. The molecular formula is C15H18N4O2. The number of aromatic nitrogens is 2. The maximum absolute atomic E-state index is 12.0. The molecule has 1 fully saturated rings. The van der Waals surface area contributed by atoms with Gasteiger partial charge in [-0.1, -0.05) is 12.1 Å². The number of aryl methyl sites for hydroxylation is 1. The van der Waals surface area contributed by atoms with E-state index in [0.29, 0.717) is 24.0 Å². The van der Waals surface area contributed by atoms with Gasteiger partial charge in [0.05, 0.1) is 17.8 Å². The first kappa shape index (κ1) is 13.8. The molecule has 1 saturated carbocycles. The molecule has 21 heavy (non-hydrogen) atoms. The number of benzene rings is 1. The molecule has 0 saturated heterocycles. The summed E-state index contributed by atoms with van der Waals surface area (Å²) in [6.07, 6.45) is 2.54. The average Bonchev–Trinajstić information content (AvgIpc) is 3.19. The molecule has 1 aliphatic rings. The van der Waals surface area contributed by atoms with E-state index in [0.717, 1.165) is 18.0 Å². The van der Waals surface area contributed by atoms with E-state index in [4.69, 9.17) is 4.42 Å². The quantitative estimate of drug-likeness (QED) is 0.848. The molecule has 2 aromatic rings. The Morgan fingerprint density at radius 2 is 2.14 bits per heavy atom. The Morgan fingerprint density at radius 1 is 1.33 bits per heavy atom. The second-order valence-corrected chi connectivity index (χ2v) is 5.29. The Balaban J connectivity index is 1.65. The number of nitrogens with zero attached hydrogens (tertiary/aromatic N) is 2. The van der Waals surface area contributed by atoms with Gasteiger partial charge in [0.25, 0.3) is 0 Å². The molecule has 0 atom stereocenters. The molecule has 1 aromatic carbocycles. The summed E-state index contributed by atoms with van der Waals surface area (Å²) in [5.74, 6) is 1.59. The minimum atomic E-state index is -0.0701. The first-order valence-corrected chi connectivity index (χ1v) is 7.12. The number of para-hydroxylation sites is 1. The van der Waals surface area contributed by atoms with Gasteiger partial charge >= 0.3 is 0 Å². The Morgan fingerprint density at radius 3 is 2.86 bits per heavy atom. The van der Waals surface area contributed by atoms with Crippen LogP contribution >= 0.6 is 0 Å². The van der Waals surface area contributed by atoms with Crippen molar-refractivity contribution in [3.8, 4) is 11.5 Å². The van der Waals surface area contributed by atoms with Gasteiger partial charge in [-0.05, 0) is 37.4 Å². The molecule has 0 aliphatic heterocycles. The first-order chi connectivity index (χ1) is 10.2. The zero-order valence-corrected chi connectivity index (χ0v) is 11.9. The third kappa shape index (κ3) is 3.66. The molecule has 0 spiro atoms. The standard InChI is InChI=1S/C15H18N4O2/c1-10-18-19-15(21-10)12-4-2-3-5-13(12)17-14(20)9-16-8-11-6-7-11/h2-5,11,16H,6-9H2,1H3,(H,17,20). The van der Waals surface area contributed by atoms with E-state index in [1.54, 1.807) is 6.92 Å². The van der Waals surface area contributed by atoms with Gasteiger partial charge in [-0.2, -0.15) is 0 Å². The van der Waals surface area contributed by atoms with E-state index < -0.39 is 0 Å². The van der Waals surface area contributed by atoms with Gasteiger partial charge in [-0.25, -0.2) is 0 Å². The van der Waals surface area contributed by atoms with Crippen LogP contribution in [-0.2, 0) is 4.79 Å². The van der Waals surface area contributed by atoms with Crippen LogP contribution in [0.1, 0.15) is 18.7 Å². The van der Waals surface area contributed by atoms with Crippen molar-refractivity contribution >= 4 is 11.6 Å². The molecule has 110 valence electrons. The van der Waals surface area contributed by atoms with Gasteiger partial charge in [0.15, 0.2) is 0 Å². The van der Waals surface area contributed by atoms with Gasteiger partial charge in [0, 0.05) is 6.92 Å². The lowest BCUT2D eigenvalue weighted by Crippen LogP contribution is -2.29. The first-order valence-electron chi connectivity index (χ1n) is 7.12. The number of anilines is 1. The maximum Gasteiger partial charge on any atom is 0.249 e. The number of amides is 1. The summed E-state index contributed by atoms with van der Waals surface area (Å²) in [4.78, 5) is 12.0. The number of carbonyl (C=O) groups is 1. The van der Waals surface area contributed by atoms with Crippen molar-refractivity contribution in [2.75, 3.05) is 18.4 Å². The largest absolute Gasteiger partial charge is 0.421 e. The van der Waals surface area contributed by atoms with Crippen molar-refractivity contribution in [2.24, 2.45) is 5.92 Å². The Labute approximate surface area is 123 Å². The fourth-order valence-corrected chi connectivity index (χ4v) is 2.09. The molecule has 1 aliphatic carbocycles. The van der Waals surface area contributed by atoms with Crippen LogP contribution in [0.2, 0.25) is 0 Å². The van der Waals surface area contributed by atoms with Crippen molar-refractivity contribution in [1.29, 1.82) is 0 Å². The second-order valence-electron chi connectivity index (χ2n) is 5.29. The van der Waals surface area contributed by atoms with Gasteiger partial charge < -0.3 is 15.1 Å². The van der Waals surface area contributed by atoms with E-state index >= 15 is 0 Å². The second kappa shape index (κ2) is 6.05. The van der Waals surface area contributed by atoms with Crippen molar-refractivity contribution in [2.45, 2.75) is 19.8 Å². The number of hydrogen-bond donors (Lipinski definition) is 2. The number of hydrogen-bond acceptors (Lipinski definition) is 5. The summed E-state index contributed by atoms with van der Waals surface area (Å²) in [6, 6.07) is 7.41. The summed E-state index contributed by atoms with van der Waals surface area (Å²) in [7, 11) is 0. The van der Waals surface area contributed by atoms with Crippen LogP contribution in [0.4, 0.5) is 5.69 Å². The normalized spacial score (nSPS) is 14.1. The molecule has 3 rings (SSSR count).